The van der Waals surface area contributed by atoms with Crippen LogP contribution in [0, 0.1) is 0 Å². The Labute approximate surface area is 119 Å². The number of hydrogen-bond acceptors (Lipinski definition) is 3. The molecule has 1 atom stereocenters. The number of nitrogens with zero attached hydrogens (tertiary/aromatic N) is 1. The second-order valence-corrected chi connectivity index (χ2v) is 5.41. The van der Waals surface area contributed by atoms with Crippen molar-refractivity contribution in [1.82, 2.24) is 10.3 Å². The Hall–Kier alpha value is -1.32. The third-order valence-electron chi connectivity index (χ3n) is 3.05. The van der Waals surface area contributed by atoms with Crippen LogP contribution in [-0.2, 0) is 0 Å². The monoisotopic (exact) mass is 272 g/mol. The minimum atomic E-state index is 0.256. The molecule has 2 rings (SSSR count). The van der Waals surface area contributed by atoms with Gasteiger partial charge in [0.2, 0.25) is 0 Å². The summed E-state index contributed by atoms with van der Waals surface area (Å²) in [4.78, 5) is 4.10. The van der Waals surface area contributed by atoms with E-state index in [9.17, 15) is 0 Å². The molecule has 1 N–H and O–H groups in total. The Kier molecular flexibility index (Phi) is 5.92. The molecule has 0 saturated heterocycles. The zero-order chi connectivity index (χ0) is 13.3. The molecule has 2 nitrogen and oxygen atoms in total. The number of benzene rings is 1. The first kappa shape index (κ1) is 14.1. The van der Waals surface area contributed by atoms with Crippen LogP contribution in [0.25, 0.3) is 0 Å². The Morgan fingerprint density at radius 2 is 1.74 bits per heavy atom. The van der Waals surface area contributed by atoms with Crippen molar-refractivity contribution in [3.8, 4) is 0 Å². The van der Waals surface area contributed by atoms with Gasteiger partial charge in [0.25, 0.3) is 0 Å². The summed E-state index contributed by atoms with van der Waals surface area (Å²) >= 11 is 1.89. The van der Waals surface area contributed by atoms with Gasteiger partial charge in [0.05, 0.1) is 6.04 Å². The minimum absolute atomic E-state index is 0.256. The fraction of sp³-hybridized carbons (Fsp3) is 0.312. The number of hydrogen-bond donors (Lipinski definition) is 1. The van der Waals surface area contributed by atoms with Crippen LogP contribution in [0.2, 0.25) is 0 Å². The first-order valence-electron chi connectivity index (χ1n) is 6.59. The van der Waals surface area contributed by atoms with Gasteiger partial charge < -0.3 is 5.32 Å². The van der Waals surface area contributed by atoms with Gasteiger partial charge in [-0.2, -0.15) is 11.8 Å². The zero-order valence-corrected chi connectivity index (χ0v) is 12.1. The zero-order valence-electron chi connectivity index (χ0n) is 11.3. The van der Waals surface area contributed by atoms with Gasteiger partial charge in [-0.15, -0.1) is 0 Å². The molecule has 2 aromatic rings. The van der Waals surface area contributed by atoms with Gasteiger partial charge in [-0.25, -0.2) is 0 Å². The number of pyridine rings is 1. The van der Waals surface area contributed by atoms with Crippen molar-refractivity contribution in [3.63, 3.8) is 0 Å². The molecule has 0 spiro atoms. The molecule has 3 heteroatoms. The molecule has 0 saturated carbocycles. The van der Waals surface area contributed by atoms with E-state index in [-0.39, 0.29) is 6.04 Å². The van der Waals surface area contributed by atoms with Crippen LogP contribution >= 0.6 is 11.8 Å². The van der Waals surface area contributed by atoms with E-state index in [1.54, 1.807) is 0 Å². The van der Waals surface area contributed by atoms with Crippen molar-refractivity contribution in [2.75, 3.05) is 18.6 Å². The Bertz CT molecular complexity index is 419. The highest BCUT2D eigenvalue weighted by Crippen LogP contribution is 2.21. The number of aromatic nitrogens is 1. The predicted octanol–water partition coefficient (Wildman–Crippen LogP) is 3.51. The van der Waals surface area contributed by atoms with Crippen molar-refractivity contribution in [3.05, 3.63) is 66.0 Å². The highest BCUT2D eigenvalue weighted by molar-refractivity contribution is 7.98. The average molecular weight is 272 g/mol. The summed E-state index contributed by atoms with van der Waals surface area (Å²) in [6, 6.07) is 15.0. The summed E-state index contributed by atoms with van der Waals surface area (Å²) < 4.78 is 0. The Morgan fingerprint density at radius 3 is 2.42 bits per heavy atom. The molecule has 1 heterocycles. The second kappa shape index (κ2) is 7.97. The van der Waals surface area contributed by atoms with Crippen LogP contribution in [0.5, 0.6) is 0 Å². The van der Waals surface area contributed by atoms with E-state index in [0.717, 1.165) is 6.54 Å². The summed E-state index contributed by atoms with van der Waals surface area (Å²) in [6.45, 7) is 1.03. The molecule has 0 aliphatic carbocycles. The fourth-order valence-corrected chi connectivity index (χ4v) is 2.53. The van der Waals surface area contributed by atoms with E-state index in [1.807, 2.05) is 24.2 Å². The molecule has 0 fully saturated rings. The lowest BCUT2D eigenvalue weighted by Gasteiger charge is -2.19. The molecule has 0 radical (unpaired) electrons. The maximum Gasteiger partial charge on any atom is 0.0577 e. The van der Waals surface area contributed by atoms with Crippen LogP contribution in [-0.4, -0.2) is 23.5 Å². The molecule has 0 bridgehead atoms. The highest BCUT2D eigenvalue weighted by atomic mass is 32.2. The van der Waals surface area contributed by atoms with Crippen molar-refractivity contribution in [1.29, 1.82) is 0 Å². The number of thioether (sulfide) groups is 1. The van der Waals surface area contributed by atoms with Gasteiger partial charge >= 0.3 is 0 Å². The molecular formula is C16H20N2S. The second-order valence-electron chi connectivity index (χ2n) is 4.42. The molecule has 19 heavy (non-hydrogen) atoms. The predicted molar refractivity (Wildman–Crippen MR) is 83.5 cm³/mol. The van der Waals surface area contributed by atoms with E-state index in [2.05, 4.69) is 59.0 Å². The molecule has 0 aliphatic rings. The average Bonchev–Trinajstić information content (AvgIpc) is 2.49. The number of rotatable bonds is 7. The lowest BCUT2D eigenvalue weighted by molar-refractivity contribution is 0.600. The van der Waals surface area contributed by atoms with Crippen molar-refractivity contribution >= 4 is 11.8 Å². The topological polar surface area (TPSA) is 24.9 Å². The van der Waals surface area contributed by atoms with E-state index in [0.29, 0.717) is 0 Å². The SMILES string of the molecule is CSCCCNC(c1ccccc1)c1ccncc1. The van der Waals surface area contributed by atoms with Gasteiger partial charge in [-0.1, -0.05) is 30.3 Å². The van der Waals surface area contributed by atoms with E-state index in [4.69, 9.17) is 0 Å². The third kappa shape index (κ3) is 4.37. The largest absolute Gasteiger partial charge is 0.306 e. The van der Waals surface area contributed by atoms with Crippen LogP contribution in [0.15, 0.2) is 54.9 Å². The maximum atomic E-state index is 4.10. The van der Waals surface area contributed by atoms with Gasteiger partial charge in [0.15, 0.2) is 0 Å². The summed E-state index contributed by atoms with van der Waals surface area (Å²) in [6.07, 6.45) is 7.05. The first-order chi connectivity index (χ1) is 9.42. The highest BCUT2D eigenvalue weighted by Gasteiger charge is 2.12. The quantitative estimate of drug-likeness (QED) is 0.781. The Balaban J connectivity index is 2.10. The molecule has 1 aromatic heterocycles. The normalized spacial score (nSPS) is 12.3. The number of nitrogens with one attached hydrogen (secondary N) is 1. The van der Waals surface area contributed by atoms with Gasteiger partial charge in [0, 0.05) is 12.4 Å². The molecule has 100 valence electrons. The van der Waals surface area contributed by atoms with E-state index >= 15 is 0 Å². The molecule has 1 aromatic carbocycles. The Morgan fingerprint density at radius 1 is 1.05 bits per heavy atom. The first-order valence-corrected chi connectivity index (χ1v) is 7.98. The van der Waals surface area contributed by atoms with Crippen molar-refractivity contribution in [2.45, 2.75) is 12.5 Å². The summed E-state index contributed by atoms with van der Waals surface area (Å²) in [5.74, 6) is 1.20. The van der Waals surface area contributed by atoms with Crippen LogP contribution in [0.1, 0.15) is 23.6 Å². The van der Waals surface area contributed by atoms with Gasteiger partial charge in [-0.3, -0.25) is 4.98 Å². The van der Waals surface area contributed by atoms with Crippen molar-refractivity contribution in [2.24, 2.45) is 0 Å². The smallest absolute Gasteiger partial charge is 0.0577 e. The lowest BCUT2D eigenvalue weighted by atomic mass is 10.00. The van der Waals surface area contributed by atoms with Gasteiger partial charge in [0.1, 0.15) is 0 Å². The minimum Gasteiger partial charge on any atom is -0.306 e. The van der Waals surface area contributed by atoms with E-state index in [1.165, 1.54) is 23.3 Å². The molecule has 0 aliphatic heterocycles. The molecular weight excluding hydrogens is 252 g/mol. The summed E-state index contributed by atoms with van der Waals surface area (Å²) in [7, 11) is 0. The lowest BCUT2D eigenvalue weighted by Crippen LogP contribution is -2.23. The van der Waals surface area contributed by atoms with Crippen molar-refractivity contribution < 1.29 is 0 Å². The fourth-order valence-electron chi connectivity index (χ4n) is 2.09. The van der Waals surface area contributed by atoms with Gasteiger partial charge in [-0.05, 0) is 48.2 Å². The maximum absolute atomic E-state index is 4.10. The van der Waals surface area contributed by atoms with E-state index < -0.39 is 0 Å². The summed E-state index contributed by atoms with van der Waals surface area (Å²) in [5, 5.41) is 3.65. The molecule has 0 amide bonds. The van der Waals surface area contributed by atoms with Crippen LogP contribution < -0.4 is 5.32 Å². The molecule has 1 unspecified atom stereocenters. The van der Waals surface area contributed by atoms with Crippen LogP contribution in [0.4, 0.5) is 0 Å². The summed E-state index contributed by atoms with van der Waals surface area (Å²) in [5.41, 5.74) is 2.57. The van der Waals surface area contributed by atoms with Crippen LogP contribution in [0.3, 0.4) is 0 Å². The third-order valence-corrected chi connectivity index (χ3v) is 3.74. The standard InChI is InChI=1S/C16H20N2S/c1-19-13-5-10-18-16(14-6-3-2-4-7-14)15-8-11-17-12-9-15/h2-4,6-9,11-12,16,18H,5,10,13H2,1H3.